The summed E-state index contributed by atoms with van der Waals surface area (Å²) in [7, 11) is 0. The largest absolute Gasteiger partial charge is 0.339 e. The number of para-hydroxylation sites is 1. The number of aryl methyl sites for hydroxylation is 2. The van der Waals surface area contributed by atoms with Crippen molar-refractivity contribution in [2.75, 3.05) is 5.75 Å². The number of thiophene rings is 1. The van der Waals surface area contributed by atoms with Crippen molar-refractivity contribution in [1.29, 1.82) is 0 Å². The van der Waals surface area contributed by atoms with Gasteiger partial charge in [0.2, 0.25) is 11.7 Å². The molecule has 9 heteroatoms. The molecule has 5 aromatic rings. The molecule has 7 nitrogen and oxygen atoms in total. The Morgan fingerprint density at radius 2 is 1.91 bits per heavy atom. The first-order valence-electron chi connectivity index (χ1n) is 10.2. The molecule has 0 unspecified atom stereocenters. The van der Waals surface area contributed by atoms with E-state index in [1.165, 1.54) is 0 Å². The predicted octanol–water partition coefficient (Wildman–Crippen LogP) is 5.47. The lowest BCUT2D eigenvalue weighted by Gasteiger charge is -2.12. The third kappa shape index (κ3) is 4.35. The van der Waals surface area contributed by atoms with E-state index in [2.05, 4.69) is 48.9 Å². The van der Waals surface area contributed by atoms with E-state index >= 15 is 0 Å². The number of hydrogen-bond acceptors (Lipinski definition) is 8. The molecule has 0 atom stereocenters. The maximum absolute atomic E-state index is 5.41. The molecule has 0 saturated heterocycles. The highest BCUT2D eigenvalue weighted by Crippen LogP contribution is 2.29. The molecule has 0 saturated carbocycles. The molecule has 0 N–H and O–H groups in total. The molecular formula is C23H20N6OS2. The van der Waals surface area contributed by atoms with Crippen molar-refractivity contribution < 1.29 is 4.52 Å². The van der Waals surface area contributed by atoms with Crippen LogP contribution in [0.2, 0.25) is 0 Å². The molecular weight excluding hydrogens is 440 g/mol. The van der Waals surface area contributed by atoms with Gasteiger partial charge in [0.1, 0.15) is 0 Å². The van der Waals surface area contributed by atoms with E-state index in [9.17, 15) is 0 Å². The topological polar surface area (TPSA) is 82.5 Å². The van der Waals surface area contributed by atoms with Crippen LogP contribution >= 0.6 is 23.1 Å². The Balaban J connectivity index is 1.32. The second kappa shape index (κ2) is 9.46. The van der Waals surface area contributed by atoms with E-state index in [4.69, 9.17) is 4.52 Å². The fourth-order valence-electron chi connectivity index (χ4n) is 3.33. The SMILES string of the molecule is Cc1ccccc1-n1c(SCCCc2nc(-c3cccs3)no2)nnc1-c1ccncc1. The van der Waals surface area contributed by atoms with Crippen molar-refractivity contribution in [2.24, 2.45) is 0 Å². The Morgan fingerprint density at radius 3 is 2.72 bits per heavy atom. The normalized spacial score (nSPS) is 11.2. The standard InChI is InChI=1S/C23H20N6OS2/c1-16-6-2-3-7-18(16)29-22(17-10-12-24-13-11-17)26-27-23(29)32-15-5-9-20-25-21(28-30-20)19-8-4-14-31-19/h2-4,6-8,10-14H,5,9,15H2,1H3. The van der Waals surface area contributed by atoms with Crippen LogP contribution in [0.15, 0.2) is 76.0 Å². The summed E-state index contributed by atoms with van der Waals surface area (Å²) in [6.07, 6.45) is 5.16. The molecule has 4 aromatic heterocycles. The Bertz CT molecular complexity index is 1300. The van der Waals surface area contributed by atoms with E-state index in [1.807, 2.05) is 41.8 Å². The molecule has 0 radical (unpaired) electrons. The van der Waals surface area contributed by atoms with Gasteiger partial charge in [0, 0.05) is 30.1 Å². The van der Waals surface area contributed by atoms with Gasteiger partial charge in [-0.05, 0) is 48.6 Å². The minimum atomic E-state index is 0.656. The van der Waals surface area contributed by atoms with Crippen LogP contribution in [-0.4, -0.2) is 35.6 Å². The summed E-state index contributed by atoms with van der Waals surface area (Å²) < 4.78 is 7.53. The van der Waals surface area contributed by atoms with Gasteiger partial charge in [0.25, 0.3) is 0 Å². The van der Waals surface area contributed by atoms with Crippen molar-refractivity contribution in [2.45, 2.75) is 24.9 Å². The van der Waals surface area contributed by atoms with Gasteiger partial charge in [-0.25, -0.2) is 0 Å². The molecule has 0 bridgehead atoms. The number of benzene rings is 1. The number of rotatable bonds is 8. The van der Waals surface area contributed by atoms with Crippen molar-refractivity contribution in [1.82, 2.24) is 29.9 Å². The highest BCUT2D eigenvalue weighted by molar-refractivity contribution is 7.99. The van der Waals surface area contributed by atoms with E-state index in [0.29, 0.717) is 11.7 Å². The summed E-state index contributed by atoms with van der Waals surface area (Å²) in [5.74, 6) is 2.98. The van der Waals surface area contributed by atoms with Crippen molar-refractivity contribution in [3.8, 4) is 27.8 Å². The van der Waals surface area contributed by atoms with Gasteiger partial charge in [0.05, 0.1) is 10.6 Å². The van der Waals surface area contributed by atoms with Crippen LogP contribution in [0.3, 0.4) is 0 Å². The highest BCUT2D eigenvalue weighted by atomic mass is 32.2. The maximum Gasteiger partial charge on any atom is 0.227 e. The highest BCUT2D eigenvalue weighted by Gasteiger charge is 2.17. The van der Waals surface area contributed by atoms with E-state index in [1.54, 1.807) is 35.5 Å². The second-order valence-electron chi connectivity index (χ2n) is 7.11. The smallest absolute Gasteiger partial charge is 0.227 e. The number of hydrogen-bond donors (Lipinski definition) is 0. The summed E-state index contributed by atoms with van der Waals surface area (Å²) in [6, 6.07) is 16.1. The zero-order valence-corrected chi connectivity index (χ0v) is 19.0. The average molecular weight is 461 g/mol. The number of nitrogens with zero attached hydrogens (tertiary/aromatic N) is 6. The van der Waals surface area contributed by atoms with E-state index in [-0.39, 0.29) is 0 Å². The van der Waals surface area contributed by atoms with Crippen LogP contribution < -0.4 is 0 Å². The van der Waals surface area contributed by atoms with Crippen LogP contribution in [0, 0.1) is 6.92 Å². The van der Waals surface area contributed by atoms with Crippen molar-refractivity contribution in [3.05, 3.63) is 77.8 Å². The summed E-state index contributed by atoms with van der Waals surface area (Å²) >= 11 is 3.28. The Kier molecular flexibility index (Phi) is 6.09. The van der Waals surface area contributed by atoms with Crippen LogP contribution in [0.5, 0.6) is 0 Å². The fourth-order valence-corrected chi connectivity index (χ4v) is 4.86. The summed E-state index contributed by atoms with van der Waals surface area (Å²) in [5.41, 5.74) is 3.22. The van der Waals surface area contributed by atoms with Gasteiger partial charge in [-0.3, -0.25) is 9.55 Å². The van der Waals surface area contributed by atoms with Crippen molar-refractivity contribution >= 4 is 23.1 Å². The molecule has 0 aliphatic rings. The van der Waals surface area contributed by atoms with Crippen LogP contribution in [0.25, 0.3) is 27.8 Å². The van der Waals surface area contributed by atoms with E-state index in [0.717, 1.165) is 51.3 Å². The minimum Gasteiger partial charge on any atom is -0.339 e. The zero-order chi connectivity index (χ0) is 21.8. The van der Waals surface area contributed by atoms with Gasteiger partial charge < -0.3 is 4.52 Å². The first kappa shape index (κ1) is 20.6. The molecule has 0 aliphatic heterocycles. The second-order valence-corrected chi connectivity index (χ2v) is 9.11. The fraction of sp³-hybridized carbons (Fsp3) is 0.174. The van der Waals surface area contributed by atoms with Crippen LogP contribution in [0.1, 0.15) is 17.9 Å². The summed E-state index contributed by atoms with van der Waals surface area (Å²) in [6.45, 7) is 2.10. The zero-order valence-electron chi connectivity index (χ0n) is 17.4. The first-order valence-corrected chi connectivity index (χ1v) is 12.1. The lowest BCUT2D eigenvalue weighted by Crippen LogP contribution is -2.02. The molecule has 0 amide bonds. The number of pyridine rings is 1. The van der Waals surface area contributed by atoms with Gasteiger partial charge in [-0.2, -0.15) is 4.98 Å². The van der Waals surface area contributed by atoms with Gasteiger partial charge in [0.15, 0.2) is 11.0 Å². The maximum atomic E-state index is 5.41. The molecule has 4 heterocycles. The van der Waals surface area contributed by atoms with Crippen molar-refractivity contribution in [3.63, 3.8) is 0 Å². The summed E-state index contributed by atoms with van der Waals surface area (Å²) in [4.78, 5) is 9.64. The Hall–Kier alpha value is -3.30. The predicted molar refractivity (Wildman–Crippen MR) is 126 cm³/mol. The van der Waals surface area contributed by atoms with Crippen LogP contribution in [0.4, 0.5) is 0 Å². The third-order valence-corrected chi connectivity index (χ3v) is 6.79. The minimum absolute atomic E-state index is 0.656. The number of thioether (sulfide) groups is 1. The molecule has 160 valence electrons. The summed E-state index contributed by atoms with van der Waals surface area (Å²) in [5, 5.41) is 15.9. The molecule has 0 fully saturated rings. The average Bonchev–Trinajstić information content (AvgIpc) is 3.58. The quantitative estimate of drug-likeness (QED) is 0.224. The Morgan fingerprint density at radius 1 is 1.03 bits per heavy atom. The van der Waals surface area contributed by atoms with Gasteiger partial charge in [-0.15, -0.1) is 21.5 Å². The first-order chi connectivity index (χ1) is 15.8. The third-order valence-electron chi connectivity index (χ3n) is 4.90. The van der Waals surface area contributed by atoms with Gasteiger partial charge >= 0.3 is 0 Å². The molecule has 0 spiro atoms. The monoisotopic (exact) mass is 460 g/mol. The molecule has 32 heavy (non-hydrogen) atoms. The molecule has 1 aromatic carbocycles. The van der Waals surface area contributed by atoms with Crippen LogP contribution in [-0.2, 0) is 6.42 Å². The van der Waals surface area contributed by atoms with Gasteiger partial charge in [-0.1, -0.05) is 41.2 Å². The molecule has 5 rings (SSSR count). The lowest BCUT2D eigenvalue weighted by atomic mass is 10.2. The lowest BCUT2D eigenvalue weighted by molar-refractivity contribution is 0.378. The number of aromatic nitrogens is 6. The van der Waals surface area contributed by atoms with E-state index < -0.39 is 0 Å². The molecule has 0 aliphatic carbocycles. The Labute approximate surface area is 193 Å².